The van der Waals surface area contributed by atoms with Crippen LogP contribution in [0.1, 0.15) is 17.2 Å². The highest BCUT2D eigenvalue weighted by Gasteiger charge is 2.25. The molecule has 10 heteroatoms. The normalized spacial score (nSPS) is 13.1. The number of aryl methyl sites for hydroxylation is 2. The Morgan fingerprint density at radius 3 is 2.47 bits per heavy atom. The van der Waals surface area contributed by atoms with Gasteiger partial charge in [0.2, 0.25) is 6.41 Å². The van der Waals surface area contributed by atoms with Crippen molar-refractivity contribution in [1.29, 1.82) is 0 Å². The number of benzene rings is 2. The van der Waals surface area contributed by atoms with Crippen LogP contribution in [0.2, 0.25) is 10.0 Å². The topological polar surface area (TPSA) is 88.8 Å². The highest BCUT2D eigenvalue weighted by molar-refractivity contribution is 7.85. The summed E-state index contributed by atoms with van der Waals surface area (Å²) in [7, 11) is 1.47. The van der Waals surface area contributed by atoms with E-state index in [4.69, 9.17) is 23.2 Å². The number of fused-ring (bicyclic) bond motifs is 1. The van der Waals surface area contributed by atoms with E-state index in [0.29, 0.717) is 38.1 Å². The predicted octanol–water partition coefficient (Wildman–Crippen LogP) is 3.77. The number of halogens is 2. The number of aromatic nitrogens is 1. The first-order valence-electron chi connectivity index (χ1n) is 9.57. The van der Waals surface area contributed by atoms with Crippen molar-refractivity contribution in [2.75, 3.05) is 24.4 Å². The van der Waals surface area contributed by atoms with E-state index in [-0.39, 0.29) is 12.4 Å². The fraction of sp³-hybridized carbons (Fsp3) is 0.273. The van der Waals surface area contributed by atoms with E-state index < -0.39 is 22.8 Å². The number of hydrogen-bond donors (Lipinski definition) is 1. The molecule has 0 aliphatic rings. The number of esters is 1. The first kappa shape index (κ1) is 24.3. The molecule has 1 unspecified atom stereocenters. The van der Waals surface area contributed by atoms with Crippen molar-refractivity contribution >= 4 is 63.1 Å². The molecule has 1 aromatic heterocycles. The van der Waals surface area contributed by atoms with Gasteiger partial charge in [0.05, 0.1) is 46.1 Å². The number of amides is 1. The minimum Gasteiger partial charge on any atom is -0.468 e. The minimum atomic E-state index is -1.56. The molecule has 2 aromatic carbocycles. The van der Waals surface area contributed by atoms with Gasteiger partial charge in [-0.1, -0.05) is 35.3 Å². The molecule has 0 radical (unpaired) electrons. The van der Waals surface area contributed by atoms with E-state index in [2.05, 4.69) is 4.74 Å². The number of nitrogens with zero attached hydrogens (tertiary/aromatic N) is 2. The van der Waals surface area contributed by atoms with Gasteiger partial charge in [0.15, 0.2) is 0 Å². The van der Waals surface area contributed by atoms with Gasteiger partial charge in [-0.3, -0.25) is 18.7 Å². The van der Waals surface area contributed by atoms with Crippen molar-refractivity contribution in [1.82, 2.24) is 4.57 Å². The molecule has 170 valence electrons. The summed E-state index contributed by atoms with van der Waals surface area (Å²) in [5, 5.41) is 11.6. The molecule has 0 bridgehead atoms. The fourth-order valence-electron chi connectivity index (χ4n) is 3.49. The third-order valence-electron chi connectivity index (χ3n) is 5.27. The van der Waals surface area contributed by atoms with E-state index in [1.807, 2.05) is 13.0 Å². The molecule has 0 fully saturated rings. The van der Waals surface area contributed by atoms with E-state index in [1.54, 1.807) is 41.9 Å². The van der Waals surface area contributed by atoms with Crippen molar-refractivity contribution in [3.63, 3.8) is 0 Å². The number of anilines is 1. The van der Waals surface area contributed by atoms with Crippen molar-refractivity contribution in [3.05, 3.63) is 57.6 Å². The highest BCUT2D eigenvalue weighted by atomic mass is 35.5. The molecular weight excluding hydrogens is 475 g/mol. The maximum atomic E-state index is 12.3. The van der Waals surface area contributed by atoms with Crippen LogP contribution in [-0.2, 0) is 32.2 Å². The highest BCUT2D eigenvalue weighted by Crippen LogP contribution is 2.38. The van der Waals surface area contributed by atoms with Gasteiger partial charge in [0.1, 0.15) is 11.6 Å². The van der Waals surface area contributed by atoms with Crippen LogP contribution < -0.4 is 4.90 Å². The molecule has 1 heterocycles. The van der Waals surface area contributed by atoms with Crippen molar-refractivity contribution in [2.45, 2.75) is 17.9 Å². The molecule has 0 aliphatic heterocycles. The van der Waals surface area contributed by atoms with Crippen LogP contribution in [0.15, 0.2) is 41.3 Å². The maximum absolute atomic E-state index is 12.3. The number of methoxy groups -OCH3 is 1. The van der Waals surface area contributed by atoms with Gasteiger partial charge < -0.3 is 14.4 Å². The quantitative estimate of drug-likeness (QED) is 0.378. The third kappa shape index (κ3) is 4.54. The summed E-state index contributed by atoms with van der Waals surface area (Å²) in [6.45, 7) is 1.50. The molecule has 1 N–H and O–H groups in total. The summed E-state index contributed by atoms with van der Waals surface area (Å²) >= 11 is 12.7. The lowest BCUT2D eigenvalue weighted by Gasteiger charge is -2.27. The zero-order chi connectivity index (χ0) is 23.6. The first-order chi connectivity index (χ1) is 15.2. The summed E-state index contributed by atoms with van der Waals surface area (Å²) in [5.74, 6) is -0.299. The largest absolute Gasteiger partial charge is 0.468 e. The van der Waals surface area contributed by atoms with Gasteiger partial charge in [-0.25, -0.2) is 0 Å². The van der Waals surface area contributed by atoms with Crippen LogP contribution in [-0.4, -0.2) is 45.7 Å². The van der Waals surface area contributed by atoms with Crippen molar-refractivity contribution in [2.24, 2.45) is 7.05 Å². The van der Waals surface area contributed by atoms with Crippen molar-refractivity contribution in [3.8, 4) is 0 Å². The Morgan fingerprint density at radius 1 is 1.25 bits per heavy atom. The van der Waals surface area contributed by atoms with E-state index in [9.17, 15) is 18.9 Å². The van der Waals surface area contributed by atoms with Crippen LogP contribution in [0.25, 0.3) is 10.9 Å². The van der Waals surface area contributed by atoms with Gasteiger partial charge in [0.25, 0.3) is 0 Å². The molecule has 1 amide bonds. The van der Waals surface area contributed by atoms with Crippen LogP contribution in [0.4, 0.5) is 5.82 Å². The van der Waals surface area contributed by atoms with Crippen LogP contribution in [0, 0.1) is 6.92 Å². The second kappa shape index (κ2) is 10.0. The molecule has 0 spiro atoms. The predicted molar refractivity (Wildman–Crippen MR) is 126 cm³/mol. The average molecular weight is 497 g/mol. The van der Waals surface area contributed by atoms with Gasteiger partial charge in [0, 0.05) is 17.3 Å². The van der Waals surface area contributed by atoms with Gasteiger partial charge in [-0.15, -0.1) is 0 Å². The molecule has 3 rings (SSSR count). The third-order valence-corrected chi connectivity index (χ3v) is 7.55. The summed E-state index contributed by atoms with van der Waals surface area (Å²) in [4.78, 5) is 25.3. The summed E-state index contributed by atoms with van der Waals surface area (Å²) in [6.07, 6.45) is 0.640. The van der Waals surface area contributed by atoms with Crippen LogP contribution in [0.3, 0.4) is 0 Å². The Bertz CT molecular complexity index is 1190. The molecule has 0 aliphatic carbocycles. The molecular formula is C22H22Cl2N2O5S. The number of aliphatic hydroxyl groups excluding tert-OH is 1. The maximum Gasteiger partial charge on any atom is 0.318 e. The SMILES string of the molecule is COC(=O)CS(=O)c1ccc([C@@H](CO)N(C=O)c2cc3c(Cl)c(Cl)c(C)cc3n2C)cc1. The van der Waals surface area contributed by atoms with Crippen LogP contribution in [0.5, 0.6) is 0 Å². The minimum absolute atomic E-state index is 0.252. The molecule has 2 atom stereocenters. The lowest BCUT2D eigenvalue weighted by molar-refractivity contribution is -0.137. The lowest BCUT2D eigenvalue weighted by atomic mass is 10.1. The first-order valence-corrected chi connectivity index (χ1v) is 11.6. The Balaban J connectivity index is 1.98. The fourth-order valence-corrected chi connectivity index (χ4v) is 4.89. The van der Waals surface area contributed by atoms with Gasteiger partial charge in [-0.2, -0.15) is 0 Å². The average Bonchev–Trinajstić information content (AvgIpc) is 3.11. The summed E-state index contributed by atoms with van der Waals surface area (Å²) in [6, 6.07) is 9.46. The molecule has 7 nitrogen and oxygen atoms in total. The zero-order valence-corrected chi connectivity index (χ0v) is 20.0. The Morgan fingerprint density at radius 2 is 1.91 bits per heavy atom. The Kier molecular flexibility index (Phi) is 7.61. The number of ether oxygens (including phenoxy) is 1. The number of rotatable bonds is 8. The number of carbonyl (C=O) groups is 2. The van der Waals surface area contributed by atoms with E-state index in [1.165, 1.54) is 12.0 Å². The molecule has 0 saturated carbocycles. The van der Waals surface area contributed by atoms with Crippen molar-refractivity contribution < 1.29 is 23.6 Å². The molecule has 32 heavy (non-hydrogen) atoms. The van der Waals surface area contributed by atoms with Gasteiger partial charge >= 0.3 is 5.97 Å². The number of aliphatic hydroxyl groups is 1. The Hall–Kier alpha value is -2.39. The second-order valence-corrected chi connectivity index (χ2v) is 9.37. The molecule has 3 aromatic rings. The van der Waals surface area contributed by atoms with Gasteiger partial charge in [-0.05, 0) is 42.3 Å². The standard InChI is InChI=1S/C22H22Cl2N2O5S/c1-13-8-17-16(22(24)21(13)23)9-19(25(17)2)26(12-28)18(10-27)14-4-6-15(7-5-14)32(30)11-20(29)31-3/h4-9,12,18,27H,10-11H2,1-3H3/t18-,32?/m1/s1. The van der Waals surface area contributed by atoms with Crippen LogP contribution >= 0.6 is 23.2 Å². The molecule has 0 saturated heterocycles. The summed E-state index contributed by atoms with van der Waals surface area (Å²) in [5.41, 5.74) is 2.23. The zero-order valence-electron chi connectivity index (χ0n) is 17.7. The van der Waals surface area contributed by atoms with E-state index in [0.717, 1.165) is 11.1 Å². The monoisotopic (exact) mass is 496 g/mol. The van der Waals surface area contributed by atoms with E-state index >= 15 is 0 Å². The lowest BCUT2D eigenvalue weighted by Crippen LogP contribution is -2.31. The Labute approximate surface area is 197 Å². The number of carbonyl (C=O) groups excluding carboxylic acids is 2. The second-order valence-electron chi connectivity index (χ2n) is 7.16. The summed E-state index contributed by atoms with van der Waals surface area (Å²) < 4.78 is 18.6. The number of hydrogen-bond acceptors (Lipinski definition) is 5. The smallest absolute Gasteiger partial charge is 0.318 e.